The van der Waals surface area contributed by atoms with Crippen LogP contribution in [-0.2, 0) is 6.61 Å². The summed E-state index contributed by atoms with van der Waals surface area (Å²) < 4.78 is 10.1. The van der Waals surface area contributed by atoms with Gasteiger partial charge in [0.25, 0.3) is 5.88 Å². The molecule has 0 bridgehead atoms. The van der Waals surface area contributed by atoms with Crippen molar-refractivity contribution in [1.29, 1.82) is 0 Å². The number of rotatable bonds is 3. The second-order valence-corrected chi connectivity index (χ2v) is 2.89. The van der Waals surface area contributed by atoms with E-state index in [0.717, 1.165) is 5.56 Å². The van der Waals surface area contributed by atoms with Crippen LogP contribution in [0.2, 0.25) is 0 Å². The SMILES string of the molecule is COc1noc(-c2ccncc2)c1CO. The van der Waals surface area contributed by atoms with Crippen LogP contribution < -0.4 is 4.74 Å². The van der Waals surface area contributed by atoms with Gasteiger partial charge in [0.15, 0.2) is 5.76 Å². The maximum atomic E-state index is 9.18. The molecule has 0 saturated heterocycles. The molecule has 1 N–H and O–H groups in total. The topological polar surface area (TPSA) is 68.4 Å². The van der Waals surface area contributed by atoms with Crippen LogP contribution in [0.15, 0.2) is 29.0 Å². The Morgan fingerprint density at radius 3 is 2.73 bits per heavy atom. The average molecular weight is 206 g/mol. The quantitative estimate of drug-likeness (QED) is 0.818. The molecule has 0 radical (unpaired) electrons. The Morgan fingerprint density at radius 1 is 1.40 bits per heavy atom. The highest BCUT2D eigenvalue weighted by molar-refractivity contribution is 5.62. The molecular weight excluding hydrogens is 196 g/mol. The van der Waals surface area contributed by atoms with Crippen molar-refractivity contribution in [2.45, 2.75) is 6.61 Å². The first-order valence-corrected chi connectivity index (χ1v) is 4.40. The summed E-state index contributed by atoms with van der Waals surface area (Å²) in [5.41, 5.74) is 1.36. The number of aliphatic hydroxyl groups excluding tert-OH is 1. The van der Waals surface area contributed by atoms with Gasteiger partial charge in [0.2, 0.25) is 0 Å². The molecule has 2 aromatic rings. The first-order chi connectivity index (χ1) is 7.36. The van der Waals surface area contributed by atoms with Crippen LogP contribution >= 0.6 is 0 Å². The zero-order valence-corrected chi connectivity index (χ0v) is 8.17. The molecule has 5 nitrogen and oxygen atoms in total. The van der Waals surface area contributed by atoms with Crippen molar-refractivity contribution in [2.75, 3.05) is 7.11 Å². The van der Waals surface area contributed by atoms with Crippen molar-refractivity contribution >= 4 is 0 Å². The van der Waals surface area contributed by atoms with Crippen molar-refractivity contribution in [1.82, 2.24) is 10.1 Å². The van der Waals surface area contributed by atoms with E-state index in [1.165, 1.54) is 7.11 Å². The van der Waals surface area contributed by atoms with E-state index >= 15 is 0 Å². The normalized spacial score (nSPS) is 10.3. The number of aromatic nitrogens is 2. The zero-order valence-electron chi connectivity index (χ0n) is 8.17. The molecule has 2 rings (SSSR count). The number of hydrogen-bond acceptors (Lipinski definition) is 5. The van der Waals surface area contributed by atoms with Gasteiger partial charge in [-0.05, 0) is 17.3 Å². The third-order valence-electron chi connectivity index (χ3n) is 2.05. The fourth-order valence-electron chi connectivity index (χ4n) is 1.32. The fraction of sp³-hybridized carbons (Fsp3) is 0.200. The minimum atomic E-state index is -0.176. The molecule has 0 aliphatic carbocycles. The molecule has 0 amide bonds. The van der Waals surface area contributed by atoms with Crippen molar-refractivity contribution in [3.05, 3.63) is 30.1 Å². The number of methoxy groups -OCH3 is 1. The van der Waals surface area contributed by atoms with Crippen LogP contribution in [0.25, 0.3) is 11.3 Å². The lowest BCUT2D eigenvalue weighted by Crippen LogP contribution is -1.90. The standard InChI is InChI=1S/C10H10N2O3/c1-14-10-8(6-13)9(15-12-10)7-2-4-11-5-3-7/h2-5,13H,6H2,1H3. The van der Waals surface area contributed by atoms with Crippen molar-refractivity contribution < 1.29 is 14.4 Å². The molecule has 15 heavy (non-hydrogen) atoms. The summed E-state index contributed by atoms with van der Waals surface area (Å²) in [6.45, 7) is -0.176. The van der Waals surface area contributed by atoms with E-state index in [2.05, 4.69) is 10.1 Å². The van der Waals surface area contributed by atoms with Gasteiger partial charge in [-0.1, -0.05) is 0 Å². The van der Waals surface area contributed by atoms with E-state index < -0.39 is 0 Å². The predicted octanol–water partition coefficient (Wildman–Crippen LogP) is 1.24. The second kappa shape index (κ2) is 4.10. The van der Waals surface area contributed by atoms with Crippen LogP contribution in [0.1, 0.15) is 5.56 Å². The average Bonchev–Trinajstić information content (AvgIpc) is 2.72. The number of pyridine rings is 1. The summed E-state index contributed by atoms with van der Waals surface area (Å²) in [4.78, 5) is 3.90. The molecular formula is C10H10N2O3. The molecule has 78 valence electrons. The highest BCUT2D eigenvalue weighted by Crippen LogP contribution is 2.29. The Labute approximate surface area is 86.3 Å². The second-order valence-electron chi connectivity index (χ2n) is 2.89. The smallest absolute Gasteiger partial charge is 0.260 e. The number of hydrogen-bond donors (Lipinski definition) is 1. The molecule has 0 aromatic carbocycles. The number of ether oxygens (including phenoxy) is 1. The van der Waals surface area contributed by atoms with Gasteiger partial charge in [0.05, 0.1) is 19.3 Å². The lowest BCUT2D eigenvalue weighted by atomic mass is 10.1. The van der Waals surface area contributed by atoms with Gasteiger partial charge in [-0.2, -0.15) is 0 Å². The lowest BCUT2D eigenvalue weighted by Gasteiger charge is -1.98. The van der Waals surface area contributed by atoms with E-state index in [-0.39, 0.29) is 6.61 Å². The van der Waals surface area contributed by atoms with Crippen molar-refractivity contribution in [3.8, 4) is 17.2 Å². The summed E-state index contributed by atoms with van der Waals surface area (Å²) in [6, 6.07) is 3.55. The minimum absolute atomic E-state index is 0.176. The number of aliphatic hydroxyl groups is 1. The minimum Gasteiger partial charge on any atom is -0.479 e. The molecule has 0 spiro atoms. The summed E-state index contributed by atoms with van der Waals surface area (Å²) in [6.07, 6.45) is 3.29. The molecule has 0 unspecified atom stereocenters. The van der Waals surface area contributed by atoms with Gasteiger partial charge in [-0.25, -0.2) is 0 Å². The van der Waals surface area contributed by atoms with Gasteiger partial charge >= 0.3 is 0 Å². The van der Waals surface area contributed by atoms with Crippen LogP contribution in [0.5, 0.6) is 5.88 Å². The monoisotopic (exact) mass is 206 g/mol. The predicted molar refractivity (Wildman–Crippen MR) is 52.2 cm³/mol. The van der Waals surface area contributed by atoms with Crippen LogP contribution in [0.4, 0.5) is 0 Å². The molecule has 0 saturated carbocycles. The molecule has 0 aliphatic rings. The Kier molecular flexibility index (Phi) is 2.64. The van der Waals surface area contributed by atoms with Crippen molar-refractivity contribution in [3.63, 3.8) is 0 Å². The van der Waals surface area contributed by atoms with Crippen LogP contribution in [-0.4, -0.2) is 22.4 Å². The summed E-state index contributed by atoms with van der Waals surface area (Å²) >= 11 is 0. The third-order valence-corrected chi connectivity index (χ3v) is 2.05. The van der Waals surface area contributed by atoms with Crippen molar-refractivity contribution in [2.24, 2.45) is 0 Å². The van der Waals surface area contributed by atoms with Gasteiger partial charge in [0, 0.05) is 18.0 Å². The van der Waals surface area contributed by atoms with Gasteiger partial charge in [-0.15, -0.1) is 0 Å². The van der Waals surface area contributed by atoms with Gasteiger partial charge in [-0.3, -0.25) is 4.98 Å². The van der Waals surface area contributed by atoms with Gasteiger partial charge in [0.1, 0.15) is 0 Å². The Morgan fingerprint density at radius 2 is 2.13 bits per heavy atom. The zero-order chi connectivity index (χ0) is 10.7. The van der Waals surface area contributed by atoms with E-state index in [4.69, 9.17) is 9.26 Å². The summed E-state index contributed by atoms with van der Waals surface area (Å²) in [5, 5.41) is 12.9. The number of nitrogens with zero attached hydrogens (tertiary/aromatic N) is 2. The van der Waals surface area contributed by atoms with E-state index in [0.29, 0.717) is 17.2 Å². The maximum Gasteiger partial charge on any atom is 0.260 e. The lowest BCUT2D eigenvalue weighted by molar-refractivity contribution is 0.273. The summed E-state index contributed by atoms with van der Waals surface area (Å²) in [5.74, 6) is 0.820. The maximum absolute atomic E-state index is 9.18. The Bertz CT molecular complexity index is 439. The summed E-state index contributed by atoms with van der Waals surface area (Å²) in [7, 11) is 1.48. The van der Waals surface area contributed by atoms with E-state index in [1.807, 2.05) is 0 Å². The van der Waals surface area contributed by atoms with E-state index in [1.54, 1.807) is 24.5 Å². The Hall–Kier alpha value is -1.88. The highest BCUT2D eigenvalue weighted by Gasteiger charge is 2.16. The largest absolute Gasteiger partial charge is 0.479 e. The van der Waals surface area contributed by atoms with Crippen LogP contribution in [0, 0.1) is 0 Å². The van der Waals surface area contributed by atoms with Gasteiger partial charge < -0.3 is 14.4 Å². The Balaban J connectivity index is 2.49. The molecule has 2 aromatic heterocycles. The first kappa shape index (κ1) is 9.67. The highest BCUT2D eigenvalue weighted by atomic mass is 16.5. The molecule has 2 heterocycles. The van der Waals surface area contributed by atoms with E-state index in [9.17, 15) is 5.11 Å². The molecule has 0 aliphatic heterocycles. The molecule has 5 heteroatoms. The first-order valence-electron chi connectivity index (χ1n) is 4.40. The van der Waals surface area contributed by atoms with Crippen LogP contribution in [0.3, 0.4) is 0 Å². The third kappa shape index (κ3) is 1.69. The molecule has 0 atom stereocenters. The fourth-order valence-corrected chi connectivity index (χ4v) is 1.32. The molecule has 0 fully saturated rings.